The lowest BCUT2D eigenvalue weighted by molar-refractivity contribution is -0.164. The summed E-state index contributed by atoms with van der Waals surface area (Å²) in [5.74, 6) is -0.234. The molecule has 6 rings (SSSR count). The van der Waals surface area contributed by atoms with Crippen LogP contribution in [0.2, 0.25) is 5.02 Å². The van der Waals surface area contributed by atoms with Crippen molar-refractivity contribution in [2.45, 2.75) is 31.2 Å². The van der Waals surface area contributed by atoms with Crippen molar-refractivity contribution in [2.24, 2.45) is 5.41 Å². The molecule has 0 aliphatic heterocycles. The Morgan fingerprint density at radius 1 is 1.08 bits per heavy atom. The van der Waals surface area contributed by atoms with Gasteiger partial charge in [0.1, 0.15) is 17.1 Å². The molecule has 0 unspecified atom stereocenters. The normalized spacial score (nSPS) is 21.8. The summed E-state index contributed by atoms with van der Waals surface area (Å²) in [6, 6.07) is 8.22. The van der Waals surface area contributed by atoms with Gasteiger partial charge in [-0.15, -0.1) is 0 Å². The Hall–Kier alpha value is -3.59. The summed E-state index contributed by atoms with van der Waals surface area (Å²) in [5.41, 5.74) is -0.691. The van der Waals surface area contributed by atoms with Crippen molar-refractivity contribution in [3.63, 3.8) is 0 Å². The molecule has 1 aromatic heterocycles. The Labute approximate surface area is 210 Å². The number of nitrogens with one attached hydrogen (secondary N) is 1. The zero-order valence-electron chi connectivity index (χ0n) is 19.6. The zero-order valence-corrected chi connectivity index (χ0v) is 20.4. The Morgan fingerprint density at radius 3 is 2.44 bits per heavy atom. The molecule has 3 aliphatic carbocycles. The standard InChI is InChI=1S/C26H23ClFNO7/c1-33-22-6-15-18(30)7-21(36-20(15)8-23(22)34-2)19(31)9-25-11-26(12-25,13-25)29-24(32)10-35-14-3-4-16(27)17(28)5-14/h3-8H,9-13H2,1-2H3,(H,29,32). The third-order valence-electron chi connectivity index (χ3n) is 6.85. The molecule has 0 saturated heterocycles. The Balaban J connectivity index is 1.18. The van der Waals surface area contributed by atoms with Crippen LogP contribution in [0.1, 0.15) is 36.2 Å². The Bertz CT molecular complexity index is 1430. The molecule has 3 aliphatic rings. The Morgan fingerprint density at radius 2 is 1.78 bits per heavy atom. The zero-order chi connectivity index (χ0) is 25.7. The van der Waals surface area contributed by atoms with Gasteiger partial charge in [0, 0.05) is 30.2 Å². The predicted molar refractivity (Wildman–Crippen MR) is 129 cm³/mol. The van der Waals surface area contributed by atoms with Gasteiger partial charge in [-0.1, -0.05) is 11.6 Å². The van der Waals surface area contributed by atoms with Crippen LogP contribution in [0.5, 0.6) is 17.2 Å². The van der Waals surface area contributed by atoms with Gasteiger partial charge in [-0.2, -0.15) is 0 Å². The van der Waals surface area contributed by atoms with Crippen LogP contribution in [0.15, 0.2) is 45.6 Å². The summed E-state index contributed by atoms with van der Waals surface area (Å²) >= 11 is 5.64. The number of benzene rings is 2. The van der Waals surface area contributed by atoms with Crippen LogP contribution in [0, 0.1) is 11.2 Å². The van der Waals surface area contributed by atoms with E-state index in [1.165, 1.54) is 44.6 Å². The number of carbonyl (C=O) groups is 2. The summed E-state index contributed by atoms with van der Waals surface area (Å²) in [6.45, 7) is -0.259. The molecule has 8 nitrogen and oxygen atoms in total. The summed E-state index contributed by atoms with van der Waals surface area (Å²) in [4.78, 5) is 37.9. The molecule has 1 heterocycles. The van der Waals surface area contributed by atoms with Crippen LogP contribution in [0.3, 0.4) is 0 Å². The van der Waals surface area contributed by atoms with Gasteiger partial charge in [0.2, 0.25) is 0 Å². The van der Waals surface area contributed by atoms with E-state index in [0.29, 0.717) is 36.1 Å². The van der Waals surface area contributed by atoms with E-state index in [0.717, 1.165) is 6.07 Å². The monoisotopic (exact) mass is 515 g/mol. The average molecular weight is 516 g/mol. The van der Waals surface area contributed by atoms with E-state index in [1.807, 2.05) is 0 Å². The number of amides is 1. The number of halogens is 2. The lowest BCUT2D eigenvalue weighted by Gasteiger charge is -2.70. The van der Waals surface area contributed by atoms with Crippen molar-refractivity contribution in [1.29, 1.82) is 0 Å². The van der Waals surface area contributed by atoms with Crippen molar-refractivity contribution in [1.82, 2.24) is 5.32 Å². The number of hydrogen-bond acceptors (Lipinski definition) is 7. The minimum atomic E-state index is -0.623. The smallest absolute Gasteiger partial charge is 0.258 e. The number of ketones is 1. The van der Waals surface area contributed by atoms with Crippen LogP contribution in [0.25, 0.3) is 11.0 Å². The van der Waals surface area contributed by atoms with Gasteiger partial charge in [0.05, 0.1) is 24.6 Å². The summed E-state index contributed by atoms with van der Waals surface area (Å²) in [5, 5.41) is 3.22. The van der Waals surface area contributed by atoms with Crippen molar-refractivity contribution in [2.75, 3.05) is 20.8 Å². The highest BCUT2D eigenvalue weighted by Gasteiger charge is 2.68. The van der Waals surface area contributed by atoms with Crippen molar-refractivity contribution in [3.8, 4) is 17.2 Å². The number of carbonyl (C=O) groups excluding carboxylic acids is 2. The van der Waals surface area contributed by atoms with Gasteiger partial charge < -0.3 is 23.9 Å². The molecule has 1 N–H and O–H groups in total. The molecule has 0 spiro atoms. The number of fused-ring (bicyclic) bond motifs is 1. The van der Waals surface area contributed by atoms with Crippen LogP contribution in [-0.2, 0) is 4.79 Å². The molecular formula is C26H23ClFNO7. The highest BCUT2D eigenvalue weighted by Crippen LogP contribution is 2.69. The van der Waals surface area contributed by atoms with Crippen LogP contribution >= 0.6 is 11.6 Å². The number of methoxy groups -OCH3 is 2. The molecule has 10 heteroatoms. The van der Waals surface area contributed by atoms with Crippen molar-refractivity contribution in [3.05, 3.63) is 63.2 Å². The summed E-state index contributed by atoms with van der Waals surface area (Å²) in [7, 11) is 2.94. The predicted octanol–water partition coefficient (Wildman–Crippen LogP) is 4.29. The first-order valence-electron chi connectivity index (χ1n) is 11.3. The molecule has 188 valence electrons. The second kappa shape index (κ2) is 8.81. The lowest BCUT2D eigenvalue weighted by atomic mass is 9.38. The van der Waals surface area contributed by atoms with Crippen LogP contribution < -0.4 is 25.0 Å². The van der Waals surface area contributed by atoms with Gasteiger partial charge >= 0.3 is 0 Å². The fourth-order valence-electron chi connectivity index (χ4n) is 5.41. The number of Topliss-reactive ketones (excluding diaryl/α,β-unsaturated/α-hetero) is 1. The fraction of sp³-hybridized carbons (Fsp3) is 0.346. The first-order chi connectivity index (χ1) is 17.1. The van der Waals surface area contributed by atoms with Gasteiger partial charge in [0.15, 0.2) is 35.1 Å². The van der Waals surface area contributed by atoms with Gasteiger partial charge in [-0.3, -0.25) is 14.4 Å². The third-order valence-corrected chi connectivity index (χ3v) is 7.16. The molecule has 36 heavy (non-hydrogen) atoms. The van der Waals surface area contributed by atoms with E-state index < -0.39 is 5.82 Å². The van der Waals surface area contributed by atoms with Gasteiger partial charge in [-0.25, -0.2) is 4.39 Å². The maximum absolute atomic E-state index is 13.5. The van der Waals surface area contributed by atoms with E-state index in [-0.39, 0.29) is 63.2 Å². The first-order valence-corrected chi connectivity index (χ1v) is 11.6. The first kappa shape index (κ1) is 24.1. The van der Waals surface area contributed by atoms with Gasteiger partial charge in [0.25, 0.3) is 5.91 Å². The van der Waals surface area contributed by atoms with Crippen molar-refractivity contribution >= 4 is 34.3 Å². The molecule has 1 amide bonds. The number of hydrogen-bond donors (Lipinski definition) is 1. The number of rotatable bonds is 9. The molecule has 2 bridgehead atoms. The second-order valence-electron chi connectivity index (χ2n) is 9.50. The molecule has 2 aromatic carbocycles. The quantitative estimate of drug-likeness (QED) is 0.424. The van der Waals surface area contributed by atoms with E-state index >= 15 is 0 Å². The lowest BCUT2D eigenvalue weighted by Crippen LogP contribution is -2.75. The molecule has 0 atom stereocenters. The fourth-order valence-corrected chi connectivity index (χ4v) is 5.53. The van der Waals surface area contributed by atoms with Gasteiger partial charge in [-0.05, 0) is 42.9 Å². The summed E-state index contributed by atoms with van der Waals surface area (Å²) in [6.07, 6.45) is 2.16. The molecule has 3 aromatic rings. The summed E-state index contributed by atoms with van der Waals surface area (Å²) < 4.78 is 35.1. The number of ether oxygens (including phenoxy) is 3. The topological polar surface area (TPSA) is 104 Å². The highest BCUT2D eigenvalue weighted by molar-refractivity contribution is 6.30. The van der Waals surface area contributed by atoms with Crippen molar-refractivity contribution < 1.29 is 32.6 Å². The third kappa shape index (κ3) is 4.28. The minimum Gasteiger partial charge on any atom is -0.493 e. The van der Waals surface area contributed by atoms with E-state index in [9.17, 15) is 18.8 Å². The highest BCUT2D eigenvalue weighted by atomic mass is 35.5. The molecular weight excluding hydrogens is 493 g/mol. The maximum Gasteiger partial charge on any atom is 0.258 e. The molecule has 3 saturated carbocycles. The second-order valence-corrected chi connectivity index (χ2v) is 9.91. The minimum absolute atomic E-state index is 0.00822. The molecule has 3 fully saturated rings. The molecule has 0 radical (unpaired) electrons. The largest absolute Gasteiger partial charge is 0.493 e. The SMILES string of the molecule is COc1cc2oc(C(=O)CC34CC(NC(=O)COc5ccc(Cl)c(F)c5)(C3)C4)cc(=O)c2cc1OC. The van der Waals surface area contributed by atoms with Crippen LogP contribution in [-0.4, -0.2) is 38.1 Å². The maximum atomic E-state index is 13.5. The van der Waals surface area contributed by atoms with E-state index in [2.05, 4.69) is 5.32 Å². The Kier molecular flexibility index (Phi) is 5.90. The average Bonchev–Trinajstić information content (AvgIpc) is 2.81. The van der Waals surface area contributed by atoms with E-state index in [1.54, 1.807) is 0 Å². The van der Waals surface area contributed by atoms with Crippen LogP contribution in [0.4, 0.5) is 4.39 Å². The van der Waals surface area contributed by atoms with E-state index in [4.69, 9.17) is 30.2 Å².